The van der Waals surface area contributed by atoms with Crippen molar-refractivity contribution in [3.05, 3.63) is 23.5 Å². The van der Waals surface area contributed by atoms with E-state index in [4.69, 9.17) is 0 Å². The molecular weight excluding hydrogens is 190 g/mol. The Kier molecular flexibility index (Phi) is 2.58. The Bertz CT molecular complexity index is 476. The number of nitrogens with zero attached hydrogens (tertiary/aromatic N) is 3. The fourth-order valence-electron chi connectivity index (χ4n) is 1.67. The molecule has 0 atom stereocenters. The molecule has 4 nitrogen and oxygen atoms in total. The van der Waals surface area contributed by atoms with E-state index in [0.717, 1.165) is 36.2 Å². The van der Waals surface area contributed by atoms with Crippen molar-refractivity contribution in [2.45, 2.75) is 33.1 Å². The van der Waals surface area contributed by atoms with Crippen molar-refractivity contribution in [1.82, 2.24) is 14.6 Å². The fourth-order valence-corrected chi connectivity index (χ4v) is 1.67. The van der Waals surface area contributed by atoms with Crippen LogP contribution in [0.2, 0.25) is 0 Å². The van der Waals surface area contributed by atoms with E-state index in [0.29, 0.717) is 0 Å². The average molecular weight is 205 g/mol. The third kappa shape index (κ3) is 1.67. The van der Waals surface area contributed by atoms with E-state index in [1.807, 2.05) is 6.92 Å². The molecule has 0 spiro atoms. The van der Waals surface area contributed by atoms with E-state index < -0.39 is 0 Å². The Labute approximate surface area is 88.6 Å². The van der Waals surface area contributed by atoms with Gasteiger partial charge in [-0.1, -0.05) is 20.3 Å². The lowest BCUT2D eigenvalue weighted by atomic mass is 10.2. The van der Waals surface area contributed by atoms with Crippen molar-refractivity contribution >= 4 is 5.65 Å². The van der Waals surface area contributed by atoms with Crippen molar-refractivity contribution in [1.29, 1.82) is 0 Å². The first-order valence-corrected chi connectivity index (χ1v) is 5.31. The second-order valence-corrected chi connectivity index (χ2v) is 3.61. The van der Waals surface area contributed by atoms with Gasteiger partial charge < -0.3 is 5.11 Å². The van der Waals surface area contributed by atoms with Crippen LogP contribution in [0.15, 0.2) is 12.3 Å². The van der Waals surface area contributed by atoms with E-state index in [1.54, 1.807) is 12.3 Å². The summed E-state index contributed by atoms with van der Waals surface area (Å²) in [5.74, 6) is 0.166. The first-order valence-electron chi connectivity index (χ1n) is 5.31. The normalized spacial score (nSPS) is 11.1. The minimum atomic E-state index is 0.166. The summed E-state index contributed by atoms with van der Waals surface area (Å²) in [6.07, 6.45) is 4.61. The van der Waals surface area contributed by atoms with E-state index in [2.05, 4.69) is 17.0 Å². The molecule has 2 aromatic heterocycles. The van der Waals surface area contributed by atoms with Crippen molar-refractivity contribution in [3.8, 4) is 5.88 Å². The van der Waals surface area contributed by atoms with Gasteiger partial charge in [0.25, 0.3) is 0 Å². The van der Waals surface area contributed by atoms with E-state index in [9.17, 15) is 5.11 Å². The van der Waals surface area contributed by atoms with Gasteiger partial charge in [-0.3, -0.25) is 0 Å². The van der Waals surface area contributed by atoms with Crippen molar-refractivity contribution < 1.29 is 5.11 Å². The SMILES string of the molecule is CCCc1cnn2c(O)cc(CC)nc12. The standard InChI is InChI=1S/C11H15N3O/c1-3-5-8-7-12-14-10(15)6-9(4-2)13-11(8)14/h6-7,15H,3-5H2,1-2H3. The fraction of sp³-hybridized carbons (Fsp3) is 0.455. The summed E-state index contributed by atoms with van der Waals surface area (Å²) in [5, 5.41) is 13.8. The summed E-state index contributed by atoms with van der Waals surface area (Å²) in [4.78, 5) is 4.47. The van der Waals surface area contributed by atoms with Gasteiger partial charge in [-0.2, -0.15) is 9.61 Å². The molecule has 4 heteroatoms. The summed E-state index contributed by atoms with van der Waals surface area (Å²) in [6, 6.07) is 1.66. The minimum Gasteiger partial charge on any atom is -0.493 e. The van der Waals surface area contributed by atoms with Crippen LogP contribution in [0, 0.1) is 0 Å². The first kappa shape index (κ1) is 9.96. The van der Waals surface area contributed by atoms with Crippen LogP contribution in [0.3, 0.4) is 0 Å². The summed E-state index contributed by atoms with van der Waals surface area (Å²) >= 11 is 0. The lowest BCUT2D eigenvalue weighted by molar-refractivity contribution is 0.434. The van der Waals surface area contributed by atoms with Crippen LogP contribution in [-0.4, -0.2) is 19.7 Å². The molecule has 15 heavy (non-hydrogen) atoms. The summed E-state index contributed by atoms with van der Waals surface area (Å²) in [6.45, 7) is 4.14. The summed E-state index contributed by atoms with van der Waals surface area (Å²) in [7, 11) is 0. The monoisotopic (exact) mass is 205 g/mol. The molecule has 0 amide bonds. The molecule has 0 fully saturated rings. The van der Waals surface area contributed by atoms with Crippen LogP contribution in [0.1, 0.15) is 31.5 Å². The van der Waals surface area contributed by atoms with Crippen LogP contribution in [0.25, 0.3) is 5.65 Å². The maximum Gasteiger partial charge on any atom is 0.215 e. The molecule has 80 valence electrons. The van der Waals surface area contributed by atoms with Gasteiger partial charge in [0.15, 0.2) is 5.65 Å². The molecule has 0 saturated carbocycles. The molecule has 0 aliphatic heterocycles. The smallest absolute Gasteiger partial charge is 0.215 e. The van der Waals surface area contributed by atoms with Crippen molar-refractivity contribution in [3.63, 3.8) is 0 Å². The summed E-state index contributed by atoms with van der Waals surface area (Å²) in [5.41, 5.74) is 2.79. The number of fused-ring (bicyclic) bond motifs is 1. The lowest BCUT2D eigenvalue weighted by Crippen LogP contribution is -1.96. The van der Waals surface area contributed by atoms with Gasteiger partial charge in [0, 0.05) is 17.3 Å². The second kappa shape index (κ2) is 3.88. The molecule has 2 aromatic rings. The summed E-state index contributed by atoms with van der Waals surface area (Å²) < 4.78 is 1.49. The van der Waals surface area contributed by atoms with Crippen molar-refractivity contribution in [2.75, 3.05) is 0 Å². The maximum atomic E-state index is 9.73. The molecule has 0 radical (unpaired) electrons. The van der Waals surface area contributed by atoms with Crippen LogP contribution in [0.4, 0.5) is 0 Å². The van der Waals surface area contributed by atoms with Gasteiger partial charge in [0.05, 0.1) is 6.20 Å². The molecule has 2 rings (SSSR count). The number of hydrogen-bond donors (Lipinski definition) is 1. The molecule has 0 bridgehead atoms. The zero-order valence-electron chi connectivity index (χ0n) is 9.06. The maximum absolute atomic E-state index is 9.73. The Morgan fingerprint density at radius 2 is 2.20 bits per heavy atom. The van der Waals surface area contributed by atoms with Crippen LogP contribution < -0.4 is 0 Å². The van der Waals surface area contributed by atoms with Gasteiger partial charge in [-0.05, 0) is 12.8 Å². The lowest BCUT2D eigenvalue weighted by Gasteiger charge is -2.02. The molecule has 0 aromatic carbocycles. The highest BCUT2D eigenvalue weighted by Gasteiger charge is 2.09. The van der Waals surface area contributed by atoms with E-state index >= 15 is 0 Å². The molecular formula is C11H15N3O. The average Bonchev–Trinajstić information content (AvgIpc) is 2.63. The van der Waals surface area contributed by atoms with Gasteiger partial charge in [0.2, 0.25) is 5.88 Å². The topological polar surface area (TPSA) is 50.4 Å². The first-order chi connectivity index (χ1) is 7.26. The number of aryl methyl sites for hydroxylation is 2. The van der Waals surface area contributed by atoms with Gasteiger partial charge in [0.1, 0.15) is 0 Å². The van der Waals surface area contributed by atoms with E-state index in [-0.39, 0.29) is 5.88 Å². The molecule has 0 unspecified atom stereocenters. The number of aromatic hydroxyl groups is 1. The predicted octanol–water partition coefficient (Wildman–Crippen LogP) is 1.95. The highest BCUT2D eigenvalue weighted by atomic mass is 16.3. The minimum absolute atomic E-state index is 0.166. The molecule has 2 heterocycles. The molecule has 0 saturated heterocycles. The zero-order valence-corrected chi connectivity index (χ0v) is 9.06. The number of rotatable bonds is 3. The van der Waals surface area contributed by atoms with E-state index in [1.165, 1.54) is 4.52 Å². The third-order valence-electron chi connectivity index (χ3n) is 2.46. The van der Waals surface area contributed by atoms with Crippen LogP contribution in [0.5, 0.6) is 5.88 Å². The number of hydrogen-bond acceptors (Lipinski definition) is 3. The van der Waals surface area contributed by atoms with Crippen LogP contribution in [-0.2, 0) is 12.8 Å². The van der Waals surface area contributed by atoms with Crippen molar-refractivity contribution in [2.24, 2.45) is 0 Å². The largest absolute Gasteiger partial charge is 0.493 e. The Balaban J connectivity index is 2.61. The number of aromatic nitrogens is 3. The van der Waals surface area contributed by atoms with Gasteiger partial charge in [-0.25, -0.2) is 4.98 Å². The second-order valence-electron chi connectivity index (χ2n) is 3.61. The van der Waals surface area contributed by atoms with Crippen LogP contribution >= 0.6 is 0 Å². The quantitative estimate of drug-likeness (QED) is 0.833. The van der Waals surface area contributed by atoms with Gasteiger partial charge in [-0.15, -0.1) is 0 Å². The highest BCUT2D eigenvalue weighted by molar-refractivity contribution is 5.49. The highest BCUT2D eigenvalue weighted by Crippen LogP contribution is 2.17. The molecule has 0 aliphatic rings. The molecule has 0 aliphatic carbocycles. The predicted molar refractivity (Wildman–Crippen MR) is 58.0 cm³/mol. The molecule has 1 N–H and O–H groups in total. The Morgan fingerprint density at radius 3 is 2.87 bits per heavy atom. The van der Waals surface area contributed by atoms with Gasteiger partial charge >= 0.3 is 0 Å². The Morgan fingerprint density at radius 1 is 1.40 bits per heavy atom. The zero-order chi connectivity index (χ0) is 10.8. The Hall–Kier alpha value is -1.58. The third-order valence-corrected chi connectivity index (χ3v) is 2.46.